The fourth-order valence-electron chi connectivity index (χ4n) is 4.27. The van der Waals surface area contributed by atoms with Crippen LogP contribution in [0.4, 0.5) is 5.69 Å². The summed E-state index contributed by atoms with van der Waals surface area (Å²) >= 11 is 0. The number of phenolic OH excluding ortho intramolecular Hbond substituents is 1. The third-order valence-corrected chi connectivity index (χ3v) is 5.53. The maximum Gasteiger partial charge on any atom is 0.197 e. The lowest BCUT2D eigenvalue weighted by Crippen LogP contribution is -2.35. The molecule has 0 radical (unpaired) electrons. The second-order valence-electron chi connectivity index (χ2n) is 7.13. The molecule has 0 amide bonds. The molecule has 2 aromatic rings. The number of nitrogens with one attached hydrogen (secondary N) is 2. The standard InChI is InChI=1S/C22H20N4O/c23-22(24)26(15-3-5-17(27)6-4-15)16-11-14-2-8-19-18(20(14)12-16)7-1-13-9-10-25-21(13)19/h1-10,12-13,21,25,27H,11H2,(H3,23,24). The number of benzene rings is 2. The SMILES string of the molecule is N=C(N)N(C1=Cc2c(ccc3c2C=CC2C=CNC32)C1)c1ccc(O)cc1. The summed E-state index contributed by atoms with van der Waals surface area (Å²) in [6.45, 7) is 0. The molecule has 0 saturated heterocycles. The molecule has 0 spiro atoms. The van der Waals surface area contributed by atoms with Crippen molar-refractivity contribution in [1.82, 2.24) is 5.32 Å². The summed E-state index contributed by atoms with van der Waals surface area (Å²) in [5.74, 6) is 0.564. The predicted octanol–water partition coefficient (Wildman–Crippen LogP) is 3.49. The summed E-state index contributed by atoms with van der Waals surface area (Å²) in [5, 5.41) is 21.1. The van der Waals surface area contributed by atoms with Crippen molar-refractivity contribution in [3.05, 3.63) is 82.7 Å². The molecule has 27 heavy (non-hydrogen) atoms. The Bertz CT molecular complexity index is 1030. The van der Waals surface area contributed by atoms with Gasteiger partial charge in [-0.2, -0.15) is 0 Å². The van der Waals surface area contributed by atoms with Crippen molar-refractivity contribution in [3.63, 3.8) is 0 Å². The molecule has 0 fully saturated rings. The van der Waals surface area contributed by atoms with Crippen LogP contribution in [0, 0.1) is 11.3 Å². The molecule has 3 aliphatic rings. The first kappa shape index (κ1) is 15.8. The van der Waals surface area contributed by atoms with Crippen molar-refractivity contribution < 1.29 is 5.11 Å². The van der Waals surface area contributed by atoms with Gasteiger partial charge in [-0.1, -0.05) is 30.4 Å². The third kappa shape index (κ3) is 2.43. The number of phenols is 1. The van der Waals surface area contributed by atoms with Crippen LogP contribution in [-0.4, -0.2) is 11.1 Å². The molecule has 2 aromatic carbocycles. The van der Waals surface area contributed by atoms with Gasteiger partial charge in [0.1, 0.15) is 5.75 Å². The van der Waals surface area contributed by atoms with E-state index < -0.39 is 0 Å². The van der Waals surface area contributed by atoms with Crippen LogP contribution in [0.2, 0.25) is 0 Å². The van der Waals surface area contributed by atoms with Gasteiger partial charge in [0.25, 0.3) is 0 Å². The number of hydrogen-bond acceptors (Lipinski definition) is 3. The lowest BCUT2D eigenvalue weighted by molar-refractivity contribution is 0.475. The third-order valence-electron chi connectivity index (χ3n) is 5.53. The van der Waals surface area contributed by atoms with Gasteiger partial charge in [0.05, 0.1) is 6.04 Å². The zero-order valence-corrected chi connectivity index (χ0v) is 14.7. The number of fused-ring (bicyclic) bond motifs is 5. The van der Waals surface area contributed by atoms with Crippen LogP contribution < -0.4 is 16.0 Å². The molecule has 5 N–H and O–H groups in total. The number of nitrogens with zero attached hydrogens (tertiary/aromatic N) is 1. The van der Waals surface area contributed by atoms with Gasteiger partial charge in [0.2, 0.25) is 0 Å². The zero-order valence-electron chi connectivity index (χ0n) is 14.7. The number of rotatable bonds is 2. The molecule has 2 unspecified atom stereocenters. The van der Waals surface area contributed by atoms with Crippen molar-refractivity contribution in [2.75, 3.05) is 4.90 Å². The van der Waals surface area contributed by atoms with Crippen molar-refractivity contribution >= 4 is 23.8 Å². The maximum atomic E-state index is 9.55. The van der Waals surface area contributed by atoms with Crippen molar-refractivity contribution in [2.24, 2.45) is 11.7 Å². The van der Waals surface area contributed by atoms with Crippen molar-refractivity contribution in [2.45, 2.75) is 12.5 Å². The minimum atomic E-state index is -0.0362. The van der Waals surface area contributed by atoms with Crippen molar-refractivity contribution in [1.29, 1.82) is 5.41 Å². The van der Waals surface area contributed by atoms with Gasteiger partial charge < -0.3 is 16.2 Å². The molecule has 2 aliphatic carbocycles. The Morgan fingerprint density at radius 2 is 1.93 bits per heavy atom. The van der Waals surface area contributed by atoms with Crippen molar-refractivity contribution in [3.8, 4) is 5.75 Å². The van der Waals surface area contributed by atoms with E-state index in [0.717, 1.165) is 17.8 Å². The first-order chi connectivity index (χ1) is 13.1. The largest absolute Gasteiger partial charge is 0.508 e. The van der Waals surface area contributed by atoms with Crippen LogP contribution in [-0.2, 0) is 6.42 Å². The van der Waals surface area contributed by atoms with E-state index in [1.54, 1.807) is 29.2 Å². The predicted molar refractivity (Wildman–Crippen MR) is 108 cm³/mol. The molecule has 2 atom stereocenters. The van der Waals surface area contributed by atoms with Gasteiger partial charge >= 0.3 is 0 Å². The molecule has 1 heterocycles. The van der Waals surface area contributed by atoms with Gasteiger partial charge in [0.15, 0.2) is 5.96 Å². The highest BCUT2D eigenvalue weighted by molar-refractivity contribution is 5.98. The van der Waals surface area contributed by atoms with Gasteiger partial charge in [-0.05, 0) is 58.8 Å². The molecule has 0 bridgehead atoms. The van der Waals surface area contributed by atoms with Gasteiger partial charge in [-0.25, -0.2) is 0 Å². The molecule has 5 nitrogen and oxygen atoms in total. The van der Waals surface area contributed by atoms with Crippen LogP contribution in [0.3, 0.4) is 0 Å². The molecule has 134 valence electrons. The molecule has 5 heteroatoms. The van der Waals surface area contributed by atoms with Gasteiger partial charge in [0, 0.05) is 23.7 Å². The average Bonchev–Trinajstić information content (AvgIpc) is 3.29. The fraction of sp³-hybridized carbons (Fsp3) is 0.136. The summed E-state index contributed by atoms with van der Waals surface area (Å²) in [7, 11) is 0. The summed E-state index contributed by atoms with van der Waals surface area (Å²) in [5.41, 5.74) is 12.6. The summed E-state index contributed by atoms with van der Waals surface area (Å²) in [4.78, 5) is 1.73. The summed E-state index contributed by atoms with van der Waals surface area (Å²) in [6, 6.07) is 11.5. The first-order valence-electron chi connectivity index (χ1n) is 9.02. The van der Waals surface area contributed by atoms with E-state index in [1.165, 1.54) is 22.3 Å². The molecule has 0 aromatic heterocycles. The molecule has 1 aliphatic heterocycles. The Hall–Kier alpha value is -3.47. The number of allylic oxidation sites excluding steroid dienone is 1. The monoisotopic (exact) mass is 356 g/mol. The Morgan fingerprint density at radius 1 is 1.11 bits per heavy atom. The number of nitrogens with two attached hydrogens (primary N) is 1. The lowest BCUT2D eigenvalue weighted by atomic mass is 9.83. The Labute approximate surface area is 157 Å². The topological polar surface area (TPSA) is 85.4 Å². The number of anilines is 1. The van der Waals surface area contributed by atoms with Gasteiger partial charge in [-0.3, -0.25) is 10.3 Å². The highest BCUT2D eigenvalue weighted by Crippen LogP contribution is 2.41. The van der Waals surface area contributed by atoms with E-state index in [-0.39, 0.29) is 11.7 Å². The number of guanidine groups is 1. The summed E-state index contributed by atoms with van der Waals surface area (Å²) < 4.78 is 0. The van der Waals surface area contributed by atoms with Crippen LogP contribution in [0.1, 0.15) is 28.3 Å². The minimum Gasteiger partial charge on any atom is -0.508 e. The van der Waals surface area contributed by atoms with Crippen LogP contribution in [0.15, 0.2) is 60.4 Å². The van der Waals surface area contributed by atoms with Gasteiger partial charge in [-0.15, -0.1) is 0 Å². The fourth-order valence-corrected chi connectivity index (χ4v) is 4.27. The first-order valence-corrected chi connectivity index (χ1v) is 9.02. The zero-order chi connectivity index (χ0) is 18.5. The molecule has 5 rings (SSSR count). The minimum absolute atomic E-state index is 0.0362. The quantitative estimate of drug-likeness (QED) is 0.490. The molecular weight excluding hydrogens is 336 g/mol. The summed E-state index contributed by atoms with van der Waals surface area (Å²) in [6.07, 6.45) is 11.5. The van der Waals surface area contributed by atoms with Crippen LogP contribution in [0.25, 0.3) is 12.2 Å². The molecular formula is C22H20N4O. The van der Waals surface area contributed by atoms with E-state index in [4.69, 9.17) is 11.1 Å². The maximum absolute atomic E-state index is 9.55. The number of aromatic hydroxyl groups is 1. The van der Waals surface area contributed by atoms with Crippen LogP contribution >= 0.6 is 0 Å². The Balaban J connectivity index is 1.57. The van der Waals surface area contributed by atoms with E-state index in [9.17, 15) is 5.11 Å². The highest BCUT2D eigenvalue weighted by Gasteiger charge is 2.30. The number of hydrogen-bond donors (Lipinski definition) is 4. The molecule has 0 saturated carbocycles. The average molecular weight is 356 g/mol. The van der Waals surface area contributed by atoms with E-state index in [1.807, 2.05) is 6.20 Å². The van der Waals surface area contributed by atoms with E-state index >= 15 is 0 Å². The second kappa shape index (κ2) is 5.77. The highest BCUT2D eigenvalue weighted by atomic mass is 16.3. The normalized spacial score (nSPS) is 21.1. The van der Waals surface area contributed by atoms with Crippen LogP contribution in [0.5, 0.6) is 5.75 Å². The second-order valence-corrected chi connectivity index (χ2v) is 7.13. The lowest BCUT2D eigenvalue weighted by Gasteiger charge is -2.25. The smallest absolute Gasteiger partial charge is 0.197 e. The van der Waals surface area contributed by atoms with E-state index in [2.05, 4.69) is 41.8 Å². The Kier molecular flexibility index (Phi) is 3.37. The Morgan fingerprint density at radius 3 is 2.70 bits per heavy atom. The van der Waals surface area contributed by atoms with E-state index in [0.29, 0.717) is 12.0 Å².